The maximum absolute atomic E-state index is 12.3. The highest BCUT2D eigenvalue weighted by Crippen LogP contribution is 2.18. The van der Waals surface area contributed by atoms with Crippen LogP contribution in [0.4, 0.5) is 5.69 Å². The molecule has 0 saturated heterocycles. The Morgan fingerprint density at radius 3 is 2.50 bits per heavy atom. The van der Waals surface area contributed by atoms with E-state index in [1.807, 2.05) is 54.7 Å². The van der Waals surface area contributed by atoms with Gasteiger partial charge in [-0.1, -0.05) is 30.3 Å². The molecule has 1 amide bonds. The molecule has 0 radical (unpaired) electrons. The van der Waals surface area contributed by atoms with Crippen LogP contribution in [0.15, 0.2) is 73.1 Å². The zero-order valence-electron chi connectivity index (χ0n) is 12.6. The Kier molecular flexibility index (Phi) is 3.47. The number of fused-ring (bicyclic) bond motifs is 1. The summed E-state index contributed by atoms with van der Waals surface area (Å²) >= 11 is 0. The molecular formula is C18H13N5O. The molecule has 6 nitrogen and oxygen atoms in total. The van der Waals surface area contributed by atoms with Crippen LogP contribution in [0.3, 0.4) is 0 Å². The summed E-state index contributed by atoms with van der Waals surface area (Å²) in [4.78, 5) is 16.4. The van der Waals surface area contributed by atoms with E-state index in [4.69, 9.17) is 0 Å². The summed E-state index contributed by atoms with van der Waals surface area (Å²) in [6, 6.07) is 18.4. The molecule has 0 aliphatic rings. The largest absolute Gasteiger partial charge is 0.322 e. The molecule has 2 aromatic heterocycles. The first-order chi connectivity index (χ1) is 11.8. The third kappa shape index (κ3) is 2.61. The lowest BCUT2D eigenvalue weighted by Crippen LogP contribution is -2.11. The monoisotopic (exact) mass is 315 g/mol. The quantitative estimate of drug-likeness (QED) is 0.631. The van der Waals surface area contributed by atoms with Crippen molar-refractivity contribution >= 4 is 17.4 Å². The summed E-state index contributed by atoms with van der Waals surface area (Å²) < 4.78 is 1.80. The van der Waals surface area contributed by atoms with E-state index in [0.29, 0.717) is 17.2 Å². The molecule has 0 spiro atoms. The average Bonchev–Trinajstić information content (AvgIpc) is 3.07. The van der Waals surface area contributed by atoms with Gasteiger partial charge in [-0.3, -0.25) is 9.20 Å². The highest BCUT2D eigenvalue weighted by molar-refractivity contribution is 6.04. The Morgan fingerprint density at radius 1 is 0.917 bits per heavy atom. The normalized spacial score (nSPS) is 10.7. The fourth-order valence-electron chi connectivity index (χ4n) is 2.43. The molecule has 6 heteroatoms. The van der Waals surface area contributed by atoms with Crippen molar-refractivity contribution in [1.82, 2.24) is 19.6 Å². The van der Waals surface area contributed by atoms with Gasteiger partial charge >= 0.3 is 0 Å². The first-order valence-corrected chi connectivity index (χ1v) is 7.44. The number of carbonyl (C=O) groups is 1. The van der Waals surface area contributed by atoms with E-state index in [0.717, 1.165) is 11.3 Å². The number of nitrogens with one attached hydrogen (secondary N) is 1. The molecule has 0 atom stereocenters. The van der Waals surface area contributed by atoms with Crippen molar-refractivity contribution in [2.75, 3.05) is 5.32 Å². The standard InChI is InChI=1S/C18H13N5O/c24-17(20-15-5-2-1-3-6-15)14-9-7-13(8-10-14)16-21-22-18-19-11-4-12-23(16)18/h1-12H,(H,20,24). The van der Waals surface area contributed by atoms with Crippen molar-refractivity contribution < 1.29 is 4.79 Å². The van der Waals surface area contributed by atoms with Crippen molar-refractivity contribution in [1.29, 1.82) is 0 Å². The fourth-order valence-corrected chi connectivity index (χ4v) is 2.43. The smallest absolute Gasteiger partial charge is 0.255 e. The number of nitrogens with zero attached hydrogens (tertiary/aromatic N) is 4. The minimum atomic E-state index is -0.152. The van der Waals surface area contributed by atoms with Crippen LogP contribution in [-0.2, 0) is 0 Å². The van der Waals surface area contributed by atoms with Gasteiger partial charge in [0, 0.05) is 29.2 Å². The van der Waals surface area contributed by atoms with Crippen LogP contribution < -0.4 is 5.32 Å². The van der Waals surface area contributed by atoms with Crippen molar-refractivity contribution in [2.45, 2.75) is 0 Å². The molecule has 0 aliphatic heterocycles. The van der Waals surface area contributed by atoms with Crippen molar-refractivity contribution in [2.24, 2.45) is 0 Å². The van der Waals surface area contributed by atoms with E-state index < -0.39 is 0 Å². The molecule has 4 rings (SSSR count). The summed E-state index contributed by atoms with van der Waals surface area (Å²) in [7, 11) is 0. The third-order valence-corrected chi connectivity index (χ3v) is 3.63. The van der Waals surface area contributed by atoms with Crippen LogP contribution in [0, 0.1) is 0 Å². The van der Waals surface area contributed by atoms with Gasteiger partial charge in [-0.05, 0) is 30.3 Å². The zero-order chi connectivity index (χ0) is 16.4. The number of benzene rings is 2. The van der Waals surface area contributed by atoms with Crippen LogP contribution >= 0.6 is 0 Å². The van der Waals surface area contributed by atoms with E-state index in [2.05, 4.69) is 20.5 Å². The Hall–Kier alpha value is -3.54. The molecule has 0 fully saturated rings. The number of carbonyl (C=O) groups excluding carboxylic acids is 1. The number of aromatic nitrogens is 4. The molecule has 116 valence electrons. The highest BCUT2D eigenvalue weighted by Gasteiger charge is 2.10. The molecule has 2 heterocycles. The second kappa shape index (κ2) is 5.92. The van der Waals surface area contributed by atoms with Crippen LogP contribution in [-0.4, -0.2) is 25.5 Å². The number of amides is 1. The minimum absolute atomic E-state index is 0.152. The fraction of sp³-hybridized carbons (Fsp3) is 0. The van der Waals surface area contributed by atoms with E-state index in [9.17, 15) is 4.79 Å². The second-order valence-electron chi connectivity index (χ2n) is 5.21. The Balaban J connectivity index is 1.60. The molecule has 0 bridgehead atoms. The SMILES string of the molecule is O=C(Nc1ccccc1)c1ccc(-c2nnc3ncccn23)cc1. The van der Waals surface area contributed by atoms with Crippen LogP contribution in [0.5, 0.6) is 0 Å². The first-order valence-electron chi connectivity index (χ1n) is 7.44. The number of hydrogen-bond donors (Lipinski definition) is 1. The molecule has 2 aromatic carbocycles. The number of hydrogen-bond acceptors (Lipinski definition) is 4. The predicted octanol–water partition coefficient (Wildman–Crippen LogP) is 3.04. The molecule has 0 aliphatic carbocycles. The number of para-hydroxylation sites is 1. The van der Waals surface area contributed by atoms with E-state index in [-0.39, 0.29) is 5.91 Å². The van der Waals surface area contributed by atoms with E-state index in [1.165, 1.54) is 0 Å². The number of rotatable bonds is 3. The van der Waals surface area contributed by atoms with Crippen LogP contribution in [0.25, 0.3) is 17.2 Å². The molecule has 1 N–H and O–H groups in total. The van der Waals surface area contributed by atoms with Gasteiger partial charge in [0.15, 0.2) is 5.82 Å². The maximum Gasteiger partial charge on any atom is 0.255 e. The van der Waals surface area contributed by atoms with Crippen LogP contribution in [0.1, 0.15) is 10.4 Å². The van der Waals surface area contributed by atoms with Gasteiger partial charge in [-0.15, -0.1) is 10.2 Å². The topological polar surface area (TPSA) is 72.2 Å². The second-order valence-corrected chi connectivity index (χ2v) is 5.21. The maximum atomic E-state index is 12.3. The van der Waals surface area contributed by atoms with Gasteiger partial charge < -0.3 is 5.32 Å². The van der Waals surface area contributed by atoms with Gasteiger partial charge in [0.1, 0.15) is 0 Å². The summed E-state index contributed by atoms with van der Waals surface area (Å²) in [5.41, 5.74) is 2.21. The van der Waals surface area contributed by atoms with Gasteiger partial charge in [0.05, 0.1) is 0 Å². The molecule has 24 heavy (non-hydrogen) atoms. The highest BCUT2D eigenvalue weighted by atomic mass is 16.1. The molecule has 4 aromatic rings. The molecular weight excluding hydrogens is 302 g/mol. The van der Waals surface area contributed by atoms with Gasteiger partial charge in [-0.2, -0.15) is 0 Å². The molecule has 0 saturated carbocycles. The predicted molar refractivity (Wildman–Crippen MR) is 90.6 cm³/mol. The lowest BCUT2D eigenvalue weighted by Gasteiger charge is -2.06. The van der Waals surface area contributed by atoms with Gasteiger partial charge in [-0.25, -0.2) is 4.98 Å². The number of anilines is 1. The summed E-state index contributed by atoms with van der Waals surface area (Å²) in [5.74, 6) is 1.08. The lowest BCUT2D eigenvalue weighted by molar-refractivity contribution is 0.102. The summed E-state index contributed by atoms with van der Waals surface area (Å²) in [5, 5.41) is 11.0. The average molecular weight is 315 g/mol. The Bertz CT molecular complexity index is 993. The Morgan fingerprint density at radius 2 is 1.71 bits per heavy atom. The summed E-state index contributed by atoms with van der Waals surface area (Å²) in [6.45, 7) is 0. The zero-order valence-corrected chi connectivity index (χ0v) is 12.6. The van der Waals surface area contributed by atoms with E-state index >= 15 is 0 Å². The van der Waals surface area contributed by atoms with Gasteiger partial charge in [0.2, 0.25) is 0 Å². The van der Waals surface area contributed by atoms with Crippen molar-refractivity contribution in [3.63, 3.8) is 0 Å². The third-order valence-electron chi connectivity index (χ3n) is 3.63. The van der Waals surface area contributed by atoms with Crippen LogP contribution in [0.2, 0.25) is 0 Å². The first kappa shape index (κ1) is 14.1. The minimum Gasteiger partial charge on any atom is -0.322 e. The van der Waals surface area contributed by atoms with E-state index in [1.54, 1.807) is 22.7 Å². The van der Waals surface area contributed by atoms with Gasteiger partial charge in [0.25, 0.3) is 11.7 Å². The van der Waals surface area contributed by atoms with Crippen molar-refractivity contribution in [3.8, 4) is 11.4 Å². The molecule has 0 unspecified atom stereocenters. The lowest BCUT2D eigenvalue weighted by atomic mass is 10.1. The Labute approximate surface area is 137 Å². The summed E-state index contributed by atoms with van der Waals surface area (Å²) in [6.07, 6.45) is 3.53. The van der Waals surface area contributed by atoms with Crippen molar-refractivity contribution in [3.05, 3.63) is 78.6 Å².